The van der Waals surface area contributed by atoms with Crippen LogP contribution in [0.4, 0.5) is 5.82 Å². The van der Waals surface area contributed by atoms with Crippen LogP contribution in [0.25, 0.3) is 10.9 Å². The van der Waals surface area contributed by atoms with Gasteiger partial charge < -0.3 is 14.7 Å². The van der Waals surface area contributed by atoms with Gasteiger partial charge in [-0.05, 0) is 32.0 Å². The normalized spacial score (nSPS) is 20.8. The molecule has 27 heavy (non-hydrogen) atoms. The van der Waals surface area contributed by atoms with Gasteiger partial charge in [-0.3, -0.25) is 9.59 Å². The summed E-state index contributed by atoms with van der Waals surface area (Å²) >= 11 is 0. The van der Waals surface area contributed by atoms with Crippen molar-refractivity contribution >= 4 is 28.5 Å². The Labute approximate surface area is 159 Å². The summed E-state index contributed by atoms with van der Waals surface area (Å²) in [4.78, 5) is 35.7. The molecule has 6 nitrogen and oxygen atoms in total. The van der Waals surface area contributed by atoms with E-state index < -0.39 is 0 Å². The highest BCUT2D eigenvalue weighted by molar-refractivity contribution is 5.89. The number of rotatable bonds is 3. The van der Waals surface area contributed by atoms with Gasteiger partial charge in [-0.15, -0.1) is 0 Å². The zero-order chi connectivity index (χ0) is 19.0. The van der Waals surface area contributed by atoms with E-state index >= 15 is 0 Å². The van der Waals surface area contributed by atoms with Gasteiger partial charge in [0.05, 0.1) is 11.4 Å². The van der Waals surface area contributed by atoms with E-state index in [-0.39, 0.29) is 23.8 Å². The first-order valence-electron chi connectivity index (χ1n) is 9.72. The Kier molecular flexibility index (Phi) is 4.72. The number of hydrogen-bond acceptors (Lipinski definition) is 4. The second kappa shape index (κ2) is 7.18. The number of benzene rings is 1. The third-order valence-electron chi connectivity index (χ3n) is 5.63. The topological polar surface area (TPSA) is 56.8 Å². The van der Waals surface area contributed by atoms with Crippen molar-refractivity contribution in [2.75, 3.05) is 37.6 Å². The summed E-state index contributed by atoms with van der Waals surface area (Å²) in [5.74, 6) is 0.994. The molecule has 2 amide bonds. The van der Waals surface area contributed by atoms with Crippen LogP contribution in [-0.4, -0.2) is 65.4 Å². The molecule has 4 rings (SSSR count). The number of fused-ring (bicyclic) bond motifs is 1. The number of anilines is 1. The van der Waals surface area contributed by atoms with E-state index in [4.69, 9.17) is 4.98 Å². The minimum Gasteiger partial charge on any atom is -0.353 e. The molecule has 0 bridgehead atoms. The molecule has 0 radical (unpaired) electrons. The zero-order valence-electron chi connectivity index (χ0n) is 16.0. The summed E-state index contributed by atoms with van der Waals surface area (Å²) in [7, 11) is 0. The lowest BCUT2D eigenvalue weighted by Crippen LogP contribution is -2.51. The van der Waals surface area contributed by atoms with Crippen LogP contribution in [0.2, 0.25) is 0 Å². The second-order valence-electron chi connectivity index (χ2n) is 7.72. The molecule has 0 saturated carbocycles. The number of likely N-dealkylation sites (tertiary alicyclic amines) is 1. The number of pyridine rings is 1. The van der Waals surface area contributed by atoms with E-state index in [0.29, 0.717) is 26.1 Å². The molecule has 6 heteroatoms. The molecule has 1 aromatic heterocycles. The Bertz CT molecular complexity index is 858. The molecule has 1 aromatic carbocycles. The smallest absolute Gasteiger partial charge is 0.228 e. The van der Waals surface area contributed by atoms with Crippen LogP contribution >= 0.6 is 0 Å². The lowest BCUT2D eigenvalue weighted by Gasteiger charge is -2.36. The van der Waals surface area contributed by atoms with Gasteiger partial charge in [-0.25, -0.2) is 4.98 Å². The van der Waals surface area contributed by atoms with Crippen LogP contribution < -0.4 is 4.90 Å². The number of aromatic nitrogens is 1. The van der Waals surface area contributed by atoms with E-state index in [0.717, 1.165) is 29.8 Å². The van der Waals surface area contributed by atoms with Crippen LogP contribution in [0.3, 0.4) is 0 Å². The van der Waals surface area contributed by atoms with E-state index in [9.17, 15) is 9.59 Å². The Hall–Kier alpha value is -2.63. The summed E-state index contributed by atoms with van der Waals surface area (Å²) in [5.41, 5.74) is 0.992. The van der Waals surface area contributed by atoms with E-state index in [1.807, 2.05) is 41.8 Å². The van der Waals surface area contributed by atoms with Crippen molar-refractivity contribution in [3.8, 4) is 0 Å². The Morgan fingerprint density at radius 2 is 1.81 bits per heavy atom. The number of piperazine rings is 1. The molecule has 2 fully saturated rings. The monoisotopic (exact) mass is 366 g/mol. The van der Waals surface area contributed by atoms with Gasteiger partial charge in [0.1, 0.15) is 5.82 Å². The van der Waals surface area contributed by atoms with Gasteiger partial charge in [0.2, 0.25) is 11.8 Å². The maximum Gasteiger partial charge on any atom is 0.228 e. The summed E-state index contributed by atoms with van der Waals surface area (Å²) in [6.07, 6.45) is 0.351. The fourth-order valence-corrected chi connectivity index (χ4v) is 4.04. The minimum atomic E-state index is -0.190. The van der Waals surface area contributed by atoms with Crippen molar-refractivity contribution in [2.45, 2.75) is 26.3 Å². The summed E-state index contributed by atoms with van der Waals surface area (Å²) in [6.45, 7) is 7.46. The highest BCUT2D eigenvalue weighted by atomic mass is 16.2. The largest absolute Gasteiger partial charge is 0.353 e. The van der Waals surface area contributed by atoms with Crippen LogP contribution in [0.15, 0.2) is 36.4 Å². The van der Waals surface area contributed by atoms with Crippen molar-refractivity contribution in [3.63, 3.8) is 0 Å². The average molecular weight is 366 g/mol. The zero-order valence-corrected chi connectivity index (χ0v) is 16.0. The summed E-state index contributed by atoms with van der Waals surface area (Å²) in [6, 6.07) is 12.4. The Balaban J connectivity index is 1.38. The molecule has 0 N–H and O–H groups in total. The molecule has 1 atom stereocenters. The molecule has 0 aliphatic carbocycles. The number of nitrogens with zero attached hydrogens (tertiary/aromatic N) is 4. The summed E-state index contributed by atoms with van der Waals surface area (Å²) < 4.78 is 0. The van der Waals surface area contributed by atoms with E-state index in [1.165, 1.54) is 0 Å². The Morgan fingerprint density at radius 1 is 1.07 bits per heavy atom. The lowest BCUT2D eigenvalue weighted by molar-refractivity contribution is -0.136. The van der Waals surface area contributed by atoms with Gasteiger partial charge in [0.15, 0.2) is 0 Å². The molecule has 1 unspecified atom stereocenters. The maximum atomic E-state index is 12.8. The Morgan fingerprint density at radius 3 is 2.52 bits per heavy atom. The van der Waals surface area contributed by atoms with Crippen LogP contribution in [-0.2, 0) is 9.59 Å². The van der Waals surface area contributed by atoms with Gasteiger partial charge in [0.25, 0.3) is 0 Å². The molecule has 0 spiro atoms. The van der Waals surface area contributed by atoms with Crippen molar-refractivity contribution in [1.29, 1.82) is 0 Å². The van der Waals surface area contributed by atoms with Crippen LogP contribution in [0, 0.1) is 5.92 Å². The quantitative estimate of drug-likeness (QED) is 0.835. The predicted octanol–water partition coefficient (Wildman–Crippen LogP) is 2.14. The molecular formula is C21H26N4O2. The SMILES string of the molecule is CC(C)N1CC(C(=O)N2CCN(c3ccc4ccccc4n3)CC2)CC1=O. The van der Waals surface area contributed by atoms with Crippen molar-refractivity contribution in [3.05, 3.63) is 36.4 Å². The lowest BCUT2D eigenvalue weighted by atomic mass is 10.1. The number of amides is 2. The molecular weight excluding hydrogens is 340 g/mol. The van der Waals surface area contributed by atoms with E-state index in [2.05, 4.69) is 23.1 Å². The van der Waals surface area contributed by atoms with Gasteiger partial charge in [-0.2, -0.15) is 0 Å². The molecule has 2 aliphatic rings. The maximum absolute atomic E-state index is 12.8. The van der Waals surface area contributed by atoms with Crippen molar-refractivity contribution < 1.29 is 9.59 Å². The number of carbonyl (C=O) groups excluding carboxylic acids is 2. The first-order valence-corrected chi connectivity index (χ1v) is 9.72. The van der Waals surface area contributed by atoms with Gasteiger partial charge in [0, 0.05) is 50.6 Å². The van der Waals surface area contributed by atoms with Crippen LogP contribution in [0.1, 0.15) is 20.3 Å². The van der Waals surface area contributed by atoms with Gasteiger partial charge in [-0.1, -0.05) is 18.2 Å². The van der Waals surface area contributed by atoms with Gasteiger partial charge >= 0.3 is 0 Å². The van der Waals surface area contributed by atoms with Crippen molar-refractivity contribution in [2.24, 2.45) is 5.92 Å². The highest BCUT2D eigenvalue weighted by Gasteiger charge is 2.38. The molecule has 3 heterocycles. The molecule has 2 aromatic rings. The minimum absolute atomic E-state index is 0.0994. The first-order chi connectivity index (χ1) is 13.0. The third kappa shape index (κ3) is 3.48. The standard InChI is InChI=1S/C21H26N4O2/c1-15(2)25-14-17(13-20(25)26)21(27)24-11-9-23(10-12-24)19-8-7-16-5-3-4-6-18(16)22-19/h3-8,15,17H,9-14H2,1-2H3. The summed E-state index contributed by atoms with van der Waals surface area (Å²) in [5, 5.41) is 1.13. The molecule has 2 saturated heterocycles. The highest BCUT2D eigenvalue weighted by Crippen LogP contribution is 2.24. The van der Waals surface area contributed by atoms with Crippen LogP contribution in [0.5, 0.6) is 0 Å². The predicted molar refractivity (Wildman–Crippen MR) is 105 cm³/mol. The van der Waals surface area contributed by atoms with E-state index in [1.54, 1.807) is 0 Å². The average Bonchev–Trinajstić information content (AvgIpc) is 3.09. The number of para-hydroxylation sites is 1. The fraction of sp³-hybridized carbons (Fsp3) is 0.476. The fourth-order valence-electron chi connectivity index (χ4n) is 4.04. The van der Waals surface area contributed by atoms with Crippen molar-refractivity contribution in [1.82, 2.24) is 14.8 Å². The second-order valence-corrected chi connectivity index (χ2v) is 7.72. The third-order valence-corrected chi connectivity index (χ3v) is 5.63. The molecule has 142 valence electrons. The number of hydrogen-bond donors (Lipinski definition) is 0. The first kappa shape index (κ1) is 17.8. The molecule has 2 aliphatic heterocycles. The number of carbonyl (C=O) groups is 2.